The van der Waals surface area contributed by atoms with E-state index in [4.69, 9.17) is 15.3 Å². The Morgan fingerprint density at radius 1 is 1.40 bits per heavy atom. The molecule has 15 heavy (non-hydrogen) atoms. The average molecular weight is 207 g/mol. The van der Waals surface area contributed by atoms with Gasteiger partial charge >= 0.3 is 5.97 Å². The number of carbonyl (C=O) groups is 1. The Morgan fingerprint density at radius 3 is 2.33 bits per heavy atom. The number of esters is 1. The fourth-order valence-electron chi connectivity index (χ4n) is 0.935. The van der Waals surface area contributed by atoms with Crippen LogP contribution in [-0.4, -0.2) is 37.1 Å². The maximum absolute atomic E-state index is 11.2. The second kappa shape index (κ2) is 7.54. The lowest BCUT2D eigenvalue weighted by Gasteiger charge is -2.15. The molecule has 0 aliphatic carbocycles. The Kier molecular flexibility index (Phi) is 6.61. The van der Waals surface area contributed by atoms with Crippen LogP contribution in [0.5, 0.6) is 0 Å². The van der Waals surface area contributed by atoms with Gasteiger partial charge in [-0.05, 0) is 6.92 Å². The van der Waals surface area contributed by atoms with Crippen LogP contribution in [0.25, 0.3) is 0 Å². The van der Waals surface area contributed by atoms with Crippen LogP contribution in [0.4, 0.5) is 0 Å². The third-order valence-corrected chi connectivity index (χ3v) is 1.57. The number of hydrogen-bond donors (Lipinski definition) is 0. The topological polar surface area (TPSA) is 77.1 Å². The molecule has 0 aromatic carbocycles. The van der Waals surface area contributed by atoms with Gasteiger partial charge in [0.25, 0.3) is 0 Å². The number of nitriles is 2. The average Bonchev–Trinajstić information content (AvgIpc) is 2.18. The molecule has 0 saturated heterocycles. The normalized spacial score (nSPS) is 9.07. The van der Waals surface area contributed by atoms with Gasteiger partial charge in [0, 0.05) is 12.1 Å². The molecular weight excluding hydrogens is 194 g/mol. The molecule has 0 spiro atoms. The summed E-state index contributed by atoms with van der Waals surface area (Å²) in [4.78, 5) is 12.7. The van der Waals surface area contributed by atoms with Crippen LogP contribution in [0.1, 0.15) is 6.92 Å². The zero-order valence-corrected chi connectivity index (χ0v) is 8.69. The lowest BCUT2D eigenvalue weighted by atomic mass is 10.3. The lowest BCUT2D eigenvalue weighted by molar-refractivity contribution is -0.138. The van der Waals surface area contributed by atoms with Crippen molar-refractivity contribution in [3.63, 3.8) is 0 Å². The molecule has 5 nitrogen and oxygen atoms in total. The van der Waals surface area contributed by atoms with Crippen molar-refractivity contribution < 1.29 is 9.53 Å². The summed E-state index contributed by atoms with van der Waals surface area (Å²) >= 11 is 0. The third kappa shape index (κ3) is 5.45. The number of ether oxygens (including phenoxy) is 1. The van der Waals surface area contributed by atoms with Crippen LogP contribution in [0.3, 0.4) is 0 Å². The van der Waals surface area contributed by atoms with E-state index in [-0.39, 0.29) is 31.8 Å². The fourth-order valence-corrected chi connectivity index (χ4v) is 0.935. The Balaban J connectivity index is 4.17. The molecule has 0 saturated carbocycles. The minimum atomic E-state index is -0.488. The van der Waals surface area contributed by atoms with Gasteiger partial charge in [0.2, 0.25) is 0 Å². The molecule has 0 radical (unpaired) electrons. The highest BCUT2D eigenvalue weighted by molar-refractivity contribution is 5.88. The molecule has 0 rings (SSSR count). The number of hydrogen-bond acceptors (Lipinski definition) is 5. The summed E-state index contributed by atoms with van der Waals surface area (Å²) in [6, 6.07) is 3.82. The highest BCUT2D eigenvalue weighted by Crippen LogP contribution is 1.99. The van der Waals surface area contributed by atoms with E-state index in [0.29, 0.717) is 0 Å². The molecule has 0 unspecified atom stereocenters. The predicted molar refractivity (Wildman–Crippen MR) is 53.4 cm³/mol. The van der Waals surface area contributed by atoms with E-state index in [1.807, 2.05) is 12.1 Å². The van der Waals surface area contributed by atoms with Crippen LogP contribution in [0, 0.1) is 22.7 Å². The second-order valence-electron chi connectivity index (χ2n) is 2.79. The van der Waals surface area contributed by atoms with Gasteiger partial charge in [-0.3, -0.25) is 4.90 Å². The maximum Gasteiger partial charge on any atom is 0.334 e. The number of nitrogens with zero attached hydrogens (tertiary/aromatic N) is 3. The molecule has 80 valence electrons. The first kappa shape index (κ1) is 13.2. The van der Waals surface area contributed by atoms with Gasteiger partial charge in [-0.25, -0.2) is 4.79 Å². The van der Waals surface area contributed by atoms with E-state index in [1.165, 1.54) is 4.90 Å². The van der Waals surface area contributed by atoms with Gasteiger partial charge < -0.3 is 4.74 Å². The van der Waals surface area contributed by atoms with Gasteiger partial charge in [-0.2, -0.15) is 10.5 Å². The predicted octanol–water partition coefficient (Wildman–Crippen LogP) is 0.455. The molecule has 0 N–H and O–H groups in total. The maximum atomic E-state index is 11.2. The van der Waals surface area contributed by atoms with Gasteiger partial charge in [0.1, 0.15) is 0 Å². The molecule has 0 aliphatic heterocycles. The van der Waals surface area contributed by atoms with Crippen molar-refractivity contribution in [1.82, 2.24) is 4.90 Å². The minimum absolute atomic E-state index is 0.0893. The molecule has 0 aromatic rings. The Bertz CT molecular complexity index is 296. The second-order valence-corrected chi connectivity index (χ2v) is 2.79. The highest BCUT2D eigenvalue weighted by atomic mass is 16.5. The Labute approximate surface area is 89.2 Å². The first-order chi connectivity index (χ1) is 7.15. The molecule has 0 aromatic heterocycles. The summed E-state index contributed by atoms with van der Waals surface area (Å²) in [7, 11) is 0. The zero-order chi connectivity index (χ0) is 11.7. The van der Waals surface area contributed by atoms with E-state index in [0.717, 1.165) is 0 Å². The van der Waals surface area contributed by atoms with Crippen molar-refractivity contribution in [3.8, 4) is 12.1 Å². The molecule has 0 atom stereocenters. The standard InChI is InChI=1S/C10H13N3O2/c1-3-15-10(14)9(2)8-13(6-4-11)7-5-12/h2-3,6-8H2,1H3. The SMILES string of the molecule is C=C(CN(CC#N)CC#N)C(=O)OCC. The van der Waals surface area contributed by atoms with Crippen LogP contribution in [-0.2, 0) is 9.53 Å². The summed E-state index contributed by atoms with van der Waals surface area (Å²) in [5.74, 6) is -0.488. The monoisotopic (exact) mass is 207 g/mol. The van der Waals surface area contributed by atoms with Crippen LogP contribution in [0.15, 0.2) is 12.2 Å². The molecular formula is C10H13N3O2. The lowest BCUT2D eigenvalue weighted by Crippen LogP contribution is -2.29. The van der Waals surface area contributed by atoms with Crippen molar-refractivity contribution in [2.24, 2.45) is 0 Å². The van der Waals surface area contributed by atoms with Crippen molar-refractivity contribution in [1.29, 1.82) is 10.5 Å². The summed E-state index contributed by atoms with van der Waals surface area (Å²) < 4.78 is 4.73. The summed E-state index contributed by atoms with van der Waals surface area (Å²) in [5, 5.41) is 16.9. The molecule has 0 heterocycles. The van der Waals surface area contributed by atoms with Gasteiger partial charge in [0.05, 0.1) is 31.8 Å². The van der Waals surface area contributed by atoms with Gasteiger partial charge in [-0.15, -0.1) is 0 Å². The number of carbonyl (C=O) groups excluding carboxylic acids is 1. The zero-order valence-electron chi connectivity index (χ0n) is 8.69. The summed E-state index contributed by atoms with van der Waals surface area (Å²) in [5.41, 5.74) is 0.252. The van der Waals surface area contributed by atoms with E-state index in [9.17, 15) is 4.79 Å². The highest BCUT2D eigenvalue weighted by Gasteiger charge is 2.12. The minimum Gasteiger partial charge on any atom is -0.463 e. The van der Waals surface area contributed by atoms with Gasteiger partial charge in [-0.1, -0.05) is 6.58 Å². The molecule has 0 aliphatic rings. The van der Waals surface area contributed by atoms with Gasteiger partial charge in [0.15, 0.2) is 0 Å². The van der Waals surface area contributed by atoms with Crippen molar-refractivity contribution in [2.75, 3.05) is 26.2 Å². The first-order valence-corrected chi connectivity index (χ1v) is 4.46. The summed E-state index contributed by atoms with van der Waals surface area (Å²) in [6.07, 6.45) is 0. The van der Waals surface area contributed by atoms with E-state index >= 15 is 0 Å². The first-order valence-electron chi connectivity index (χ1n) is 4.46. The molecule has 5 heteroatoms. The van der Waals surface area contributed by atoms with E-state index in [2.05, 4.69) is 6.58 Å². The van der Waals surface area contributed by atoms with Crippen molar-refractivity contribution in [2.45, 2.75) is 6.92 Å². The molecule has 0 amide bonds. The van der Waals surface area contributed by atoms with Crippen molar-refractivity contribution >= 4 is 5.97 Å². The fraction of sp³-hybridized carbons (Fsp3) is 0.500. The summed E-state index contributed by atoms with van der Waals surface area (Å²) in [6.45, 7) is 5.89. The molecule has 0 bridgehead atoms. The largest absolute Gasteiger partial charge is 0.463 e. The van der Waals surface area contributed by atoms with E-state index < -0.39 is 5.97 Å². The third-order valence-electron chi connectivity index (χ3n) is 1.57. The molecule has 0 fully saturated rings. The van der Waals surface area contributed by atoms with E-state index in [1.54, 1.807) is 6.92 Å². The van der Waals surface area contributed by atoms with Crippen molar-refractivity contribution in [3.05, 3.63) is 12.2 Å². The smallest absolute Gasteiger partial charge is 0.334 e. The van der Waals surface area contributed by atoms with Crippen LogP contribution >= 0.6 is 0 Å². The Morgan fingerprint density at radius 2 is 1.93 bits per heavy atom. The number of rotatable bonds is 6. The van der Waals surface area contributed by atoms with Crippen LogP contribution < -0.4 is 0 Å². The van der Waals surface area contributed by atoms with Crippen LogP contribution in [0.2, 0.25) is 0 Å². The quantitative estimate of drug-likeness (QED) is 0.359. The Hall–Kier alpha value is -1.85.